The summed E-state index contributed by atoms with van der Waals surface area (Å²) >= 11 is 0. The van der Waals surface area contributed by atoms with Crippen molar-refractivity contribution in [3.8, 4) is 11.3 Å². The molecule has 3 rings (SSSR count). The third-order valence-corrected chi connectivity index (χ3v) is 3.52. The molecule has 0 aliphatic carbocycles. The smallest absolute Gasteiger partial charge is 0.289 e. The Bertz CT molecular complexity index is 903. The number of hydrogen-bond donors (Lipinski definition) is 2. The van der Waals surface area contributed by atoms with Crippen LogP contribution in [0, 0.1) is 6.92 Å². The fourth-order valence-corrected chi connectivity index (χ4v) is 2.20. The largest absolute Gasteiger partial charge is 0.465 e. The molecule has 0 atom stereocenters. The maximum absolute atomic E-state index is 12.1. The van der Waals surface area contributed by atoms with Crippen LogP contribution >= 0.6 is 0 Å². The summed E-state index contributed by atoms with van der Waals surface area (Å²) in [5.41, 5.74) is 6.49. The van der Waals surface area contributed by atoms with Crippen molar-refractivity contribution in [3.63, 3.8) is 0 Å². The number of carbonyl (C=O) groups excluding carboxylic acids is 1. The molecule has 0 bridgehead atoms. The second kappa shape index (κ2) is 7.44. The van der Waals surface area contributed by atoms with Gasteiger partial charge in [-0.25, -0.2) is 5.43 Å². The number of benzene rings is 1. The molecule has 0 saturated carbocycles. The number of nitrogens with zero attached hydrogens (tertiary/aromatic N) is 2. The second-order valence-electron chi connectivity index (χ2n) is 5.64. The van der Waals surface area contributed by atoms with Crippen molar-refractivity contribution < 1.29 is 9.21 Å². The lowest BCUT2D eigenvalue weighted by atomic mass is 10.1. The van der Waals surface area contributed by atoms with Gasteiger partial charge in [0.2, 0.25) is 0 Å². The van der Waals surface area contributed by atoms with Crippen LogP contribution in [0.2, 0.25) is 0 Å². The van der Waals surface area contributed by atoms with Gasteiger partial charge in [0.25, 0.3) is 5.91 Å². The van der Waals surface area contributed by atoms with Crippen molar-refractivity contribution in [2.24, 2.45) is 5.10 Å². The molecule has 2 N–H and O–H groups in total. The van der Waals surface area contributed by atoms with E-state index in [9.17, 15) is 4.79 Å². The van der Waals surface area contributed by atoms with Crippen molar-refractivity contribution >= 4 is 18.2 Å². The van der Waals surface area contributed by atoms with Gasteiger partial charge in [0.05, 0.1) is 18.2 Å². The summed E-state index contributed by atoms with van der Waals surface area (Å²) in [4.78, 5) is 12.1. The molecule has 0 unspecified atom stereocenters. The van der Waals surface area contributed by atoms with Gasteiger partial charge in [0.1, 0.15) is 11.5 Å². The topological polar surface area (TPSA) is 83.3 Å². The SMILES string of the molecule is CC(C=NNC(=O)c1cc(-c2ccc(C)cc2)n[nH]1)=Cc1ccco1. The Balaban J connectivity index is 1.62. The third-order valence-electron chi connectivity index (χ3n) is 3.52. The van der Waals surface area contributed by atoms with Crippen molar-refractivity contribution in [1.29, 1.82) is 0 Å². The summed E-state index contributed by atoms with van der Waals surface area (Å²) in [6.45, 7) is 3.89. The van der Waals surface area contributed by atoms with Crippen molar-refractivity contribution in [2.75, 3.05) is 0 Å². The molecule has 2 aromatic heterocycles. The number of amides is 1. The van der Waals surface area contributed by atoms with E-state index in [0.29, 0.717) is 11.4 Å². The number of allylic oxidation sites excluding steroid dienone is 1. The first-order valence-corrected chi connectivity index (χ1v) is 7.79. The van der Waals surface area contributed by atoms with Crippen LogP contribution in [0.1, 0.15) is 28.7 Å². The average Bonchev–Trinajstić information content (AvgIpc) is 3.27. The minimum Gasteiger partial charge on any atom is -0.465 e. The summed E-state index contributed by atoms with van der Waals surface area (Å²) in [7, 11) is 0. The minimum atomic E-state index is -0.354. The van der Waals surface area contributed by atoms with Gasteiger partial charge in [-0.15, -0.1) is 0 Å². The van der Waals surface area contributed by atoms with Crippen LogP contribution in [0.3, 0.4) is 0 Å². The van der Waals surface area contributed by atoms with Crippen molar-refractivity contribution in [1.82, 2.24) is 15.6 Å². The van der Waals surface area contributed by atoms with Crippen molar-refractivity contribution in [2.45, 2.75) is 13.8 Å². The zero-order chi connectivity index (χ0) is 17.6. The van der Waals surface area contributed by atoms with E-state index >= 15 is 0 Å². The Morgan fingerprint density at radius 1 is 1.28 bits per heavy atom. The predicted molar refractivity (Wildman–Crippen MR) is 97.1 cm³/mol. The number of hydrazone groups is 1. The van der Waals surface area contributed by atoms with Gasteiger partial charge in [0.15, 0.2) is 0 Å². The standard InChI is InChI=1S/C19H18N4O2/c1-13-5-7-15(8-6-13)17-11-18(22-21-17)19(24)23-20-12-14(2)10-16-4-3-9-25-16/h3-12H,1-2H3,(H,21,22)(H,23,24). The Kier molecular flexibility index (Phi) is 4.89. The second-order valence-corrected chi connectivity index (χ2v) is 5.64. The third kappa shape index (κ3) is 4.32. The van der Waals surface area contributed by atoms with Crippen molar-refractivity contribution in [3.05, 3.63) is 71.3 Å². The molecule has 0 fully saturated rings. The van der Waals surface area contributed by atoms with E-state index in [1.807, 2.05) is 56.3 Å². The maximum Gasteiger partial charge on any atom is 0.289 e. The molecule has 1 aromatic carbocycles. The highest BCUT2D eigenvalue weighted by Gasteiger charge is 2.10. The highest BCUT2D eigenvalue weighted by Crippen LogP contribution is 2.18. The summed E-state index contributed by atoms with van der Waals surface area (Å²) in [6.07, 6.45) is 4.97. The van der Waals surface area contributed by atoms with Crippen LogP contribution < -0.4 is 5.43 Å². The van der Waals surface area contributed by atoms with Crippen LogP contribution in [0.4, 0.5) is 0 Å². The molecule has 2 heterocycles. The number of hydrogen-bond acceptors (Lipinski definition) is 4. The maximum atomic E-state index is 12.1. The Labute approximate surface area is 145 Å². The van der Waals surface area contributed by atoms with Crippen LogP contribution in [0.15, 0.2) is 63.8 Å². The van der Waals surface area contributed by atoms with E-state index in [1.54, 1.807) is 18.5 Å². The van der Waals surface area contributed by atoms with Gasteiger partial charge >= 0.3 is 0 Å². The number of aryl methyl sites for hydroxylation is 1. The first kappa shape index (κ1) is 16.4. The van der Waals surface area contributed by atoms with Gasteiger partial charge in [-0.1, -0.05) is 29.8 Å². The monoisotopic (exact) mass is 334 g/mol. The number of aromatic nitrogens is 2. The predicted octanol–water partition coefficient (Wildman–Crippen LogP) is 3.80. The van der Waals surface area contributed by atoms with Crippen LogP contribution in [-0.2, 0) is 0 Å². The Morgan fingerprint density at radius 3 is 2.80 bits per heavy atom. The zero-order valence-corrected chi connectivity index (χ0v) is 14.0. The quantitative estimate of drug-likeness (QED) is 0.550. The minimum absolute atomic E-state index is 0.348. The lowest BCUT2D eigenvalue weighted by Gasteiger charge is -1.96. The molecule has 0 aliphatic heterocycles. The Morgan fingerprint density at radius 2 is 2.08 bits per heavy atom. The van der Waals surface area contributed by atoms with Gasteiger partial charge in [-0.2, -0.15) is 10.2 Å². The summed E-state index contributed by atoms with van der Waals surface area (Å²) in [5, 5.41) is 10.8. The van der Waals surface area contributed by atoms with E-state index in [-0.39, 0.29) is 5.91 Å². The molecule has 0 radical (unpaired) electrons. The normalized spacial score (nSPS) is 11.8. The highest BCUT2D eigenvalue weighted by molar-refractivity contribution is 5.94. The van der Waals surface area contributed by atoms with Gasteiger partial charge < -0.3 is 4.42 Å². The van der Waals surface area contributed by atoms with E-state index in [0.717, 1.165) is 16.9 Å². The molecule has 3 aromatic rings. The number of aromatic amines is 1. The molecule has 1 amide bonds. The lowest BCUT2D eigenvalue weighted by Crippen LogP contribution is -2.17. The lowest BCUT2D eigenvalue weighted by molar-refractivity contribution is 0.0950. The molecule has 25 heavy (non-hydrogen) atoms. The van der Waals surface area contributed by atoms with Crippen LogP contribution in [0.5, 0.6) is 0 Å². The molecule has 0 spiro atoms. The van der Waals surface area contributed by atoms with E-state index in [1.165, 1.54) is 5.56 Å². The average molecular weight is 334 g/mol. The number of nitrogens with one attached hydrogen (secondary N) is 2. The summed E-state index contributed by atoms with van der Waals surface area (Å²) in [6, 6.07) is 13.3. The summed E-state index contributed by atoms with van der Waals surface area (Å²) in [5.74, 6) is 0.375. The fourth-order valence-electron chi connectivity index (χ4n) is 2.20. The van der Waals surface area contributed by atoms with E-state index in [2.05, 4.69) is 20.7 Å². The summed E-state index contributed by atoms with van der Waals surface area (Å²) < 4.78 is 5.21. The zero-order valence-electron chi connectivity index (χ0n) is 14.0. The van der Waals surface area contributed by atoms with Crippen LogP contribution in [0.25, 0.3) is 17.3 Å². The number of rotatable bonds is 5. The van der Waals surface area contributed by atoms with E-state index in [4.69, 9.17) is 4.42 Å². The highest BCUT2D eigenvalue weighted by atomic mass is 16.3. The Hall–Kier alpha value is -3.41. The number of furan rings is 1. The molecular formula is C19H18N4O2. The molecule has 6 nitrogen and oxygen atoms in total. The van der Waals surface area contributed by atoms with E-state index < -0.39 is 0 Å². The number of H-pyrrole nitrogens is 1. The van der Waals surface area contributed by atoms with Gasteiger partial charge in [-0.05, 0) is 43.7 Å². The molecule has 0 saturated heterocycles. The molecule has 126 valence electrons. The fraction of sp³-hybridized carbons (Fsp3) is 0.105. The first-order valence-electron chi connectivity index (χ1n) is 7.79. The molecular weight excluding hydrogens is 316 g/mol. The molecule has 0 aliphatic rings. The first-order chi connectivity index (χ1) is 12.1. The molecule has 6 heteroatoms. The number of carbonyl (C=O) groups is 1. The van der Waals surface area contributed by atoms with Crippen LogP contribution in [-0.4, -0.2) is 22.3 Å². The van der Waals surface area contributed by atoms with Gasteiger partial charge in [-0.3, -0.25) is 9.89 Å². The van der Waals surface area contributed by atoms with Gasteiger partial charge in [0, 0.05) is 5.56 Å².